The van der Waals surface area contributed by atoms with E-state index in [0.29, 0.717) is 0 Å². The summed E-state index contributed by atoms with van der Waals surface area (Å²) in [6.45, 7) is 34.7. The van der Waals surface area contributed by atoms with Gasteiger partial charge in [0.05, 0.1) is 11.4 Å². The number of hydrogen-bond acceptors (Lipinski definition) is 3. The fourth-order valence-electron chi connectivity index (χ4n) is 11.6. The summed E-state index contributed by atoms with van der Waals surface area (Å²) in [5, 5.41) is 2.41. The van der Waals surface area contributed by atoms with Crippen LogP contribution in [0, 0.1) is 0 Å². The predicted octanol–water partition coefficient (Wildman–Crippen LogP) is 18.5. The van der Waals surface area contributed by atoms with Crippen LogP contribution in [0.1, 0.15) is 132 Å². The van der Waals surface area contributed by atoms with Crippen LogP contribution in [-0.4, -0.2) is 6.71 Å². The lowest BCUT2D eigenvalue weighted by molar-refractivity contribution is 0.590. The first-order valence-corrected chi connectivity index (χ1v) is 27.6. The van der Waals surface area contributed by atoms with Gasteiger partial charge < -0.3 is 14.7 Å². The molecule has 0 saturated carbocycles. The van der Waals surface area contributed by atoms with Crippen molar-refractivity contribution < 1.29 is 0 Å². The van der Waals surface area contributed by atoms with Gasteiger partial charge in [0.15, 0.2) is 0 Å². The minimum atomic E-state index is -0.0619. The molecule has 0 radical (unpaired) electrons. The van der Waals surface area contributed by atoms with E-state index in [2.05, 4.69) is 307 Å². The Morgan fingerprint density at radius 2 is 0.737 bits per heavy atom. The Bertz CT molecular complexity index is 3510. The summed E-state index contributed by atoms with van der Waals surface area (Å²) in [5.41, 5.74) is 23.2. The van der Waals surface area contributed by atoms with Gasteiger partial charge in [-0.1, -0.05) is 225 Å². The largest absolute Gasteiger partial charge is 0.311 e. The molecule has 9 aromatic carbocycles. The lowest BCUT2D eigenvalue weighted by atomic mass is 9.33. The lowest BCUT2D eigenvalue weighted by Gasteiger charge is -2.45. The molecule has 2 aliphatic rings. The van der Waals surface area contributed by atoms with Crippen LogP contribution in [0.15, 0.2) is 188 Å². The zero-order valence-electron chi connectivity index (χ0n) is 47.8. The number of benzene rings is 9. The van der Waals surface area contributed by atoms with E-state index in [9.17, 15) is 0 Å². The summed E-state index contributed by atoms with van der Waals surface area (Å²) in [5.74, 6) is 0. The maximum Gasteiger partial charge on any atom is 0.252 e. The van der Waals surface area contributed by atoms with E-state index in [0.717, 1.165) is 28.4 Å². The first-order valence-electron chi connectivity index (χ1n) is 27.6. The smallest absolute Gasteiger partial charge is 0.252 e. The number of anilines is 9. The van der Waals surface area contributed by atoms with Crippen molar-refractivity contribution >= 4 is 85.1 Å². The van der Waals surface area contributed by atoms with Crippen molar-refractivity contribution in [3.63, 3.8) is 0 Å². The summed E-state index contributed by atoms with van der Waals surface area (Å²) in [4.78, 5) is 7.70. The lowest BCUT2D eigenvalue weighted by Crippen LogP contribution is -2.61. The van der Waals surface area contributed by atoms with E-state index >= 15 is 0 Å². The van der Waals surface area contributed by atoms with Gasteiger partial charge in [-0.05, 0) is 154 Å². The molecule has 4 heteroatoms. The van der Waals surface area contributed by atoms with Crippen LogP contribution in [0.3, 0.4) is 0 Å². The quantitative estimate of drug-likeness (QED) is 0.154. The van der Waals surface area contributed by atoms with Crippen molar-refractivity contribution in [2.24, 2.45) is 0 Å². The second-order valence-electron chi connectivity index (χ2n) is 26.9. The molecule has 0 atom stereocenters. The monoisotopic (exact) mass is 994 g/mol. The zero-order valence-corrected chi connectivity index (χ0v) is 47.8. The van der Waals surface area contributed by atoms with Crippen molar-refractivity contribution in [3.8, 4) is 11.1 Å². The number of nitrogens with zero attached hydrogens (tertiary/aromatic N) is 3. The summed E-state index contributed by atoms with van der Waals surface area (Å²) in [6.07, 6.45) is 0. The molecule has 382 valence electrons. The second-order valence-corrected chi connectivity index (χ2v) is 26.9. The standard InChI is InChI=1S/C72H76BN3/c1-68(2,3)50-27-24-48(25-28-50)59-22-18-19-23-62(59)74(57-35-26-47-20-16-17-21-49(47)42-57)58-45-65-67-66(46-58)76(56-38-31-52(32-39-56)70(7,8)9)64-41-34-54(72(13,14)15)44-61(64)73(67)60-43-53(71(10,11)12)33-40-63(60)75(65)55-36-29-51(30-37-55)69(4,5)6/h16-46H,1-15H3. The normalized spacial score (nSPS) is 13.6. The molecule has 0 fully saturated rings. The highest BCUT2D eigenvalue weighted by Gasteiger charge is 2.45. The number of rotatable bonds is 6. The molecule has 0 aromatic heterocycles. The molecule has 9 aromatic rings. The van der Waals surface area contributed by atoms with Crippen LogP contribution in [0.25, 0.3) is 21.9 Å². The third kappa shape index (κ3) is 9.12. The van der Waals surface area contributed by atoms with E-state index in [-0.39, 0.29) is 33.8 Å². The van der Waals surface area contributed by atoms with Gasteiger partial charge in [-0.15, -0.1) is 0 Å². The summed E-state index contributed by atoms with van der Waals surface area (Å²) in [7, 11) is 0. The molecule has 0 N–H and O–H groups in total. The molecule has 0 saturated heterocycles. The van der Waals surface area contributed by atoms with Gasteiger partial charge in [0.25, 0.3) is 6.71 Å². The Kier molecular flexibility index (Phi) is 12.2. The minimum absolute atomic E-state index is 0.00243. The predicted molar refractivity (Wildman–Crippen MR) is 332 cm³/mol. The molecular weight excluding hydrogens is 918 g/mol. The molecule has 3 nitrogen and oxygen atoms in total. The van der Waals surface area contributed by atoms with Gasteiger partial charge in [-0.25, -0.2) is 0 Å². The van der Waals surface area contributed by atoms with Crippen LogP contribution in [0.5, 0.6) is 0 Å². The third-order valence-corrected chi connectivity index (χ3v) is 16.2. The van der Waals surface area contributed by atoms with E-state index in [4.69, 9.17) is 0 Å². The third-order valence-electron chi connectivity index (χ3n) is 16.2. The van der Waals surface area contributed by atoms with Crippen LogP contribution in [0.4, 0.5) is 51.2 Å². The maximum atomic E-state index is 2.59. The molecule has 0 aliphatic carbocycles. The number of para-hydroxylation sites is 1. The van der Waals surface area contributed by atoms with Crippen LogP contribution in [-0.2, 0) is 27.1 Å². The Morgan fingerprint density at radius 1 is 0.329 bits per heavy atom. The van der Waals surface area contributed by atoms with Gasteiger partial charge in [-0.3, -0.25) is 0 Å². The fourth-order valence-corrected chi connectivity index (χ4v) is 11.6. The van der Waals surface area contributed by atoms with Gasteiger partial charge >= 0.3 is 0 Å². The van der Waals surface area contributed by atoms with E-state index in [1.54, 1.807) is 0 Å². The van der Waals surface area contributed by atoms with Crippen LogP contribution < -0.4 is 31.1 Å². The average molecular weight is 994 g/mol. The van der Waals surface area contributed by atoms with Gasteiger partial charge in [0.1, 0.15) is 0 Å². The summed E-state index contributed by atoms with van der Waals surface area (Å²) < 4.78 is 0. The summed E-state index contributed by atoms with van der Waals surface area (Å²) in [6, 6.07) is 72.5. The van der Waals surface area contributed by atoms with Crippen LogP contribution in [0.2, 0.25) is 0 Å². The van der Waals surface area contributed by atoms with Gasteiger partial charge in [0.2, 0.25) is 0 Å². The van der Waals surface area contributed by atoms with Gasteiger partial charge in [-0.2, -0.15) is 0 Å². The molecule has 0 amide bonds. The molecule has 0 spiro atoms. The Morgan fingerprint density at radius 3 is 1.20 bits per heavy atom. The van der Waals surface area contributed by atoms with Crippen molar-refractivity contribution in [3.05, 3.63) is 216 Å². The topological polar surface area (TPSA) is 9.72 Å². The Hall–Kier alpha value is -7.30. The van der Waals surface area contributed by atoms with Crippen molar-refractivity contribution in [1.82, 2.24) is 0 Å². The highest BCUT2D eigenvalue weighted by Crippen LogP contribution is 2.50. The SMILES string of the molecule is CC(C)(C)c1ccc(-c2ccccc2N(c2cc3c4c(c2)N(c2ccc(C(C)(C)C)cc2)c2ccc(C(C)(C)C)cc2B4c2cc(C(C)(C)C)ccc2N3c2ccc(C(C)(C)C)cc2)c2ccc3ccccc3c2)cc1. The average Bonchev–Trinajstić information content (AvgIpc) is 3.50. The molecule has 0 bridgehead atoms. The molecule has 76 heavy (non-hydrogen) atoms. The van der Waals surface area contributed by atoms with Crippen molar-refractivity contribution in [2.45, 2.75) is 131 Å². The number of hydrogen-bond donors (Lipinski definition) is 0. The Labute approximate surface area is 455 Å². The molecular formula is C72H76BN3. The van der Waals surface area contributed by atoms with E-state index < -0.39 is 0 Å². The minimum Gasteiger partial charge on any atom is -0.311 e. The highest BCUT2D eigenvalue weighted by atomic mass is 15.2. The van der Waals surface area contributed by atoms with Crippen molar-refractivity contribution in [2.75, 3.05) is 14.7 Å². The molecule has 11 rings (SSSR count). The maximum absolute atomic E-state index is 2.59. The zero-order chi connectivity index (χ0) is 53.9. The second kappa shape index (κ2) is 18.2. The molecule has 2 aliphatic heterocycles. The van der Waals surface area contributed by atoms with E-state index in [1.165, 1.54) is 88.9 Å². The fraction of sp³-hybridized carbons (Fsp3) is 0.278. The number of fused-ring (bicyclic) bond motifs is 5. The van der Waals surface area contributed by atoms with Crippen molar-refractivity contribution in [1.29, 1.82) is 0 Å². The summed E-state index contributed by atoms with van der Waals surface area (Å²) >= 11 is 0. The first kappa shape index (κ1) is 50.8. The first-order chi connectivity index (χ1) is 35.8. The van der Waals surface area contributed by atoms with Crippen LogP contribution >= 0.6 is 0 Å². The molecule has 2 heterocycles. The Balaban J connectivity index is 1.28. The van der Waals surface area contributed by atoms with E-state index in [1.807, 2.05) is 0 Å². The molecule has 0 unspecified atom stereocenters. The highest BCUT2D eigenvalue weighted by molar-refractivity contribution is 7.00. The van der Waals surface area contributed by atoms with Gasteiger partial charge in [0, 0.05) is 45.4 Å².